The molecule has 0 unspecified atom stereocenters. The van der Waals surface area contributed by atoms with Crippen molar-refractivity contribution in [2.24, 2.45) is 5.73 Å². The Kier molecular flexibility index (Phi) is 5.00. The molecule has 0 bridgehead atoms. The van der Waals surface area contributed by atoms with Gasteiger partial charge >= 0.3 is 11.9 Å². The van der Waals surface area contributed by atoms with Crippen molar-refractivity contribution >= 4 is 11.9 Å². The van der Waals surface area contributed by atoms with Gasteiger partial charge in [-0.15, -0.1) is 0 Å². The number of ether oxygens (including phenoxy) is 2. The van der Waals surface area contributed by atoms with Crippen molar-refractivity contribution in [1.82, 2.24) is 0 Å². The van der Waals surface area contributed by atoms with Crippen LogP contribution >= 0.6 is 0 Å². The second-order valence-corrected chi connectivity index (χ2v) is 7.01. The van der Waals surface area contributed by atoms with E-state index in [0.29, 0.717) is 33.8 Å². The normalized spacial score (nSPS) is 14.3. The van der Waals surface area contributed by atoms with Crippen LogP contribution in [0.4, 0.5) is 0 Å². The van der Waals surface area contributed by atoms with Crippen LogP contribution in [0.3, 0.4) is 0 Å². The fraction of sp³-hybridized carbons (Fsp3) is 0.130. The number of carbonyl (C=O) groups excluding carboxylic acids is 1. The van der Waals surface area contributed by atoms with Gasteiger partial charge in [0.25, 0.3) is 0 Å². The Morgan fingerprint density at radius 3 is 2.00 bits per heavy atom. The number of rotatable bonds is 2. The quantitative estimate of drug-likeness (QED) is 0.463. The second kappa shape index (κ2) is 7.66. The summed E-state index contributed by atoms with van der Waals surface area (Å²) in [6.45, 7) is 0.231. The molecule has 2 heterocycles. The lowest BCUT2D eigenvalue weighted by atomic mass is 9.77. The number of carbonyl (C=O) groups is 2. The lowest BCUT2D eigenvalue weighted by Crippen LogP contribution is -2.32. The SMILES string of the molecule is NCCC(=O)O.O=C1OC2(c3ccc(O)cc3Oc3cc(O)ccc32)c2ccccc21. The molecule has 158 valence electrons. The highest BCUT2D eigenvalue weighted by Gasteiger charge is 2.53. The molecule has 8 heteroatoms. The molecule has 0 radical (unpaired) electrons. The summed E-state index contributed by atoms with van der Waals surface area (Å²) in [6, 6.07) is 16.6. The number of hydrogen-bond donors (Lipinski definition) is 4. The Morgan fingerprint density at radius 2 is 1.48 bits per heavy atom. The molecule has 0 atom stereocenters. The van der Waals surface area contributed by atoms with E-state index in [1.807, 2.05) is 12.1 Å². The zero-order chi connectivity index (χ0) is 22.2. The molecule has 0 amide bonds. The lowest BCUT2D eigenvalue weighted by Gasteiger charge is -2.36. The van der Waals surface area contributed by atoms with E-state index >= 15 is 0 Å². The Labute approximate surface area is 177 Å². The van der Waals surface area contributed by atoms with Crippen LogP contribution in [0, 0.1) is 0 Å². The number of aromatic hydroxyl groups is 2. The average Bonchev–Trinajstić information content (AvgIpc) is 3.01. The highest BCUT2D eigenvalue weighted by molar-refractivity contribution is 5.97. The molecular weight excluding hydrogens is 402 g/mol. The van der Waals surface area contributed by atoms with Crippen LogP contribution < -0.4 is 10.5 Å². The van der Waals surface area contributed by atoms with E-state index in [-0.39, 0.29) is 24.5 Å². The summed E-state index contributed by atoms with van der Waals surface area (Å²) in [4.78, 5) is 22.0. The third-order valence-corrected chi connectivity index (χ3v) is 5.04. The van der Waals surface area contributed by atoms with Gasteiger partial charge in [-0.3, -0.25) is 4.79 Å². The molecular formula is C23H19NO7. The third kappa shape index (κ3) is 3.32. The van der Waals surface area contributed by atoms with E-state index in [4.69, 9.17) is 20.3 Å². The van der Waals surface area contributed by atoms with Crippen molar-refractivity contribution in [2.75, 3.05) is 6.54 Å². The maximum absolute atomic E-state index is 12.5. The van der Waals surface area contributed by atoms with E-state index < -0.39 is 17.5 Å². The topological polar surface area (TPSA) is 139 Å². The zero-order valence-corrected chi connectivity index (χ0v) is 16.2. The number of fused-ring (bicyclic) bond motifs is 6. The highest BCUT2D eigenvalue weighted by atomic mass is 16.6. The summed E-state index contributed by atoms with van der Waals surface area (Å²) >= 11 is 0. The Hall–Kier alpha value is -4.04. The average molecular weight is 421 g/mol. The van der Waals surface area contributed by atoms with Crippen LogP contribution in [0.5, 0.6) is 23.0 Å². The molecule has 1 spiro atoms. The molecule has 3 aromatic carbocycles. The lowest BCUT2D eigenvalue weighted by molar-refractivity contribution is -0.136. The first-order valence-corrected chi connectivity index (χ1v) is 9.46. The number of phenolic OH excluding ortho intramolecular Hbond substituents is 2. The molecule has 2 aliphatic rings. The summed E-state index contributed by atoms with van der Waals surface area (Å²) in [6.07, 6.45) is 0.0694. The molecule has 0 saturated heterocycles. The van der Waals surface area contributed by atoms with Gasteiger partial charge in [-0.05, 0) is 30.3 Å². The molecule has 31 heavy (non-hydrogen) atoms. The molecule has 0 aliphatic carbocycles. The van der Waals surface area contributed by atoms with Crippen LogP contribution in [0.25, 0.3) is 0 Å². The van der Waals surface area contributed by atoms with Crippen LogP contribution in [-0.4, -0.2) is 33.8 Å². The van der Waals surface area contributed by atoms with Crippen LogP contribution in [-0.2, 0) is 15.1 Å². The van der Waals surface area contributed by atoms with Crippen molar-refractivity contribution < 1.29 is 34.4 Å². The van der Waals surface area contributed by atoms with Gasteiger partial charge in [-0.25, -0.2) is 4.79 Å². The predicted molar refractivity (Wildman–Crippen MR) is 109 cm³/mol. The van der Waals surface area contributed by atoms with E-state index in [9.17, 15) is 19.8 Å². The van der Waals surface area contributed by atoms with Gasteiger partial charge in [0.1, 0.15) is 23.0 Å². The van der Waals surface area contributed by atoms with Crippen LogP contribution in [0.15, 0.2) is 60.7 Å². The number of aliphatic carboxylic acids is 1. The van der Waals surface area contributed by atoms with E-state index in [1.54, 1.807) is 24.3 Å². The minimum absolute atomic E-state index is 0.0371. The maximum atomic E-state index is 12.5. The smallest absolute Gasteiger partial charge is 0.340 e. The molecule has 8 nitrogen and oxygen atoms in total. The number of benzene rings is 3. The minimum atomic E-state index is -1.17. The Morgan fingerprint density at radius 1 is 0.903 bits per heavy atom. The zero-order valence-electron chi connectivity index (χ0n) is 16.2. The molecule has 0 aromatic heterocycles. The van der Waals surface area contributed by atoms with Gasteiger partial charge in [0.15, 0.2) is 5.60 Å². The van der Waals surface area contributed by atoms with Crippen molar-refractivity contribution in [3.05, 3.63) is 82.9 Å². The van der Waals surface area contributed by atoms with Crippen molar-refractivity contribution in [3.8, 4) is 23.0 Å². The summed E-state index contributed by atoms with van der Waals surface area (Å²) in [5.74, 6) is -0.427. The summed E-state index contributed by atoms with van der Waals surface area (Å²) in [5, 5.41) is 27.5. The van der Waals surface area contributed by atoms with Crippen molar-refractivity contribution in [1.29, 1.82) is 0 Å². The van der Waals surface area contributed by atoms with E-state index in [1.165, 1.54) is 24.3 Å². The Bertz CT molecular complexity index is 1140. The molecule has 2 aliphatic heterocycles. The summed E-state index contributed by atoms with van der Waals surface area (Å²) in [7, 11) is 0. The molecule has 0 saturated carbocycles. The fourth-order valence-corrected chi connectivity index (χ4v) is 3.78. The molecule has 0 fully saturated rings. The number of phenols is 2. The number of esters is 1. The molecule has 5 rings (SSSR count). The first-order valence-electron chi connectivity index (χ1n) is 9.46. The van der Waals surface area contributed by atoms with Crippen LogP contribution in [0.2, 0.25) is 0 Å². The van der Waals surface area contributed by atoms with Gasteiger partial charge in [-0.1, -0.05) is 18.2 Å². The molecule has 3 aromatic rings. The van der Waals surface area contributed by atoms with Gasteiger partial charge in [0.2, 0.25) is 0 Å². The largest absolute Gasteiger partial charge is 0.508 e. The number of carboxylic acids is 1. The van der Waals surface area contributed by atoms with Crippen molar-refractivity contribution in [3.63, 3.8) is 0 Å². The van der Waals surface area contributed by atoms with Gasteiger partial charge in [-0.2, -0.15) is 0 Å². The Balaban J connectivity index is 0.000000342. The van der Waals surface area contributed by atoms with Gasteiger partial charge in [0, 0.05) is 35.4 Å². The first kappa shape index (κ1) is 20.2. The first-order chi connectivity index (χ1) is 14.9. The van der Waals surface area contributed by atoms with Gasteiger partial charge < -0.3 is 30.5 Å². The van der Waals surface area contributed by atoms with Crippen molar-refractivity contribution in [2.45, 2.75) is 12.0 Å². The summed E-state index contributed by atoms with van der Waals surface area (Å²) < 4.78 is 11.8. The predicted octanol–water partition coefficient (Wildman–Crippen LogP) is 3.09. The second-order valence-electron chi connectivity index (χ2n) is 7.01. The third-order valence-electron chi connectivity index (χ3n) is 5.04. The van der Waals surface area contributed by atoms with E-state index in [2.05, 4.69) is 0 Å². The van der Waals surface area contributed by atoms with Crippen LogP contribution in [0.1, 0.15) is 33.5 Å². The fourth-order valence-electron chi connectivity index (χ4n) is 3.78. The maximum Gasteiger partial charge on any atom is 0.340 e. The molecule has 5 N–H and O–H groups in total. The minimum Gasteiger partial charge on any atom is -0.508 e. The highest BCUT2D eigenvalue weighted by Crippen LogP contribution is 2.56. The standard InChI is InChI=1S/C20H12O5.C3H7NO2/c21-11-5-7-15-17(9-11)24-18-10-12(22)6-8-16(18)20(15)14-4-2-1-3-13(14)19(23)25-20;4-2-1-3(5)6/h1-10,21-22H;1-2,4H2,(H,5,6). The van der Waals surface area contributed by atoms with Gasteiger partial charge in [0.05, 0.1) is 12.0 Å². The number of carboxylic acid groups (broad SMARTS) is 1. The summed E-state index contributed by atoms with van der Waals surface area (Å²) in [5.41, 5.74) is 6.13. The number of hydrogen-bond acceptors (Lipinski definition) is 7. The van der Waals surface area contributed by atoms with E-state index in [0.717, 1.165) is 0 Å². The number of nitrogens with two attached hydrogens (primary N) is 1. The monoisotopic (exact) mass is 421 g/mol.